The summed E-state index contributed by atoms with van der Waals surface area (Å²) >= 11 is 1.56. The van der Waals surface area contributed by atoms with Gasteiger partial charge in [0.15, 0.2) is 0 Å². The number of hydrogen-bond acceptors (Lipinski definition) is 4. The van der Waals surface area contributed by atoms with Gasteiger partial charge in [-0.3, -0.25) is 0 Å². The normalized spacial score (nSPS) is 10.5. The molecule has 0 amide bonds. The molecule has 4 rings (SSSR count). The summed E-state index contributed by atoms with van der Waals surface area (Å²) in [6, 6.07) is 26.0. The third-order valence-electron chi connectivity index (χ3n) is 4.11. The van der Waals surface area contributed by atoms with E-state index in [1.54, 1.807) is 30.1 Å². The maximum absolute atomic E-state index is 9.28. The number of nitriles is 1. The Bertz CT molecular complexity index is 1080. The van der Waals surface area contributed by atoms with Crippen molar-refractivity contribution >= 4 is 11.8 Å². The molecule has 5 heteroatoms. The Morgan fingerprint density at radius 2 is 1.67 bits per heavy atom. The van der Waals surface area contributed by atoms with Crippen molar-refractivity contribution in [3.8, 4) is 23.0 Å². The van der Waals surface area contributed by atoms with Gasteiger partial charge in [-0.15, -0.1) is 11.8 Å². The van der Waals surface area contributed by atoms with Crippen LogP contribution in [-0.2, 0) is 5.75 Å². The number of rotatable bonds is 5. The van der Waals surface area contributed by atoms with Gasteiger partial charge in [0, 0.05) is 29.3 Å². The second-order valence-corrected chi connectivity index (χ2v) is 6.87. The standard InChI is InChI=1S/C22H16N4S/c23-14-18-10-7-13-24-22(18)27-16-19-15-26(20-11-5-2-6-12-20)25-21(19)17-8-3-1-4-9-17/h1-13,15H,16H2. The fourth-order valence-corrected chi connectivity index (χ4v) is 3.71. The zero-order valence-corrected chi connectivity index (χ0v) is 15.3. The first-order valence-corrected chi connectivity index (χ1v) is 9.51. The van der Waals surface area contributed by atoms with Crippen LogP contribution in [0.3, 0.4) is 0 Å². The highest BCUT2D eigenvalue weighted by atomic mass is 32.2. The lowest BCUT2D eigenvalue weighted by Gasteiger charge is -2.03. The van der Waals surface area contributed by atoms with E-state index >= 15 is 0 Å². The lowest BCUT2D eigenvalue weighted by Crippen LogP contribution is -1.93. The molecule has 0 aliphatic heterocycles. The van der Waals surface area contributed by atoms with E-state index in [0.29, 0.717) is 11.3 Å². The summed E-state index contributed by atoms with van der Waals surface area (Å²) in [7, 11) is 0. The van der Waals surface area contributed by atoms with Crippen LogP contribution in [0.25, 0.3) is 16.9 Å². The van der Waals surface area contributed by atoms with Gasteiger partial charge in [0.25, 0.3) is 0 Å². The Kier molecular flexibility index (Phi) is 4.99. The molecule has 0 radical (unpaired) electrons. The third-order valence-corrected chi connectivity index (χ3v) is 5.17. The number of hydrogen-bond donors (Lipinski definition) is 0. The van der Waals surface area contributed by atoms with Gasteiger partial charge in [-0.1, -0.05) is 48.5 Å². The summed E-state index contributed by atoms with van der Waals surface area (Å²) in [6.45, 7) is 0. The highest BCUT2D eigenvalue weighted by molar-refractivity contribution is 7.98. The summed E-state index contributed by atoms with van der Waals surface area (Å²) in [6.07, 6.45) is 3.77. The van der Waals surface area contributed by atoms with Gasteiger partial charge in [0.2, 0.25) is 0 Å². The summed E-state index contributed by atoms with van der Waals surface area (Å²) in [4.78, 5) is 4.35. The van der Waals surface area contributed by atoms with Crippen molar-refractivity contribution in [2.75, 3.05) is 0 Å². The third kappa shape index (κ3) is 3.76. The number of aromatic nitrogens is 3. The molecule has 4 nitrogen and oxygen atoms in total. The van der Waals surface area contributed by atoms with Crippen LogP contribution in [0.2, 0.25) is 0 Å². The van der Waals surface area contributed by atoms with E-state index in [1.807, 2.05) is 53.2 Å². The first kappa shape index (κ1) is 17.1. The van der Waals surface area contributed by atoms with Crippen LogP contribution < -0.4 is 0 Å². The molecule has 0 saturated heterocycles. The molecule has 0 fully saturated rings. The lowest BCUT2D eigenvalue weighted by atomic mass is 10.1. The SMILES string of the molecule is N#Cc1cccnc1SCc1cn(-c2ccccc2)nc1-c1ccccc1. The minimum atomic E-state index is 0.596. The maximum atomic E-state index is 9.28. The quantitative estimate of drug-likeness (QED) is 0.460. The predicted molar refractivity (Wildman–Crippen MR) is 108 cm³/mol. The summed E-state index contributed by atoms with van der Waals surface area (Å²) in [5.41, 5.74) is 4.73. The fraction of sp³-hybridized carbons (Fsp3) is 0.0455. The Hall–Kier alpha value is -3.36. The number of pyridine rings is 1. The molecular weight excluding hydrogens is 352 g/mol. The molecule has 4 aromatic rings. The largest absolute Gasteiger partial charge is 0.249 e. The van der Waals surface area contributed by atoms with E-state index in [0.717, 1.165) is 27.5 Å². The van der Waals surface area contributed by atoms with E-state index in [2.05, 4.69) is 29.4 Å². The number of thioether (sulfide) groups is 1. The van der Waals surface area contributed by atoms with Gasteiger partial charge < -0.3 is 0 Å². The van der Waals surface area contributed by atoms with Crippen LogP contribution in [-0.4, -0.2) is 14.8 Å². The van der Waals surface area contributed by atoms with Crippen molar-refractivity contribution in [1.29, 1.82) is 5.26 Å². The molecular formula is C22H16N4S. The van der Waals surface area contributed by atoms with E-state index in [-0.39, 0.29) is 0 Å². The van der Waals surface area contributed by atoms with Crippen molar-refractivity contribution in [3.63, 3.8) is 0 Å². The molecule has 2 aromatic carbocycles. The predicted octanol–water partition coefficient (Wildman–Crippen LogP) is 5.10. The molecule has 27 heavy (non-hydrogen) atoms. The van der Waals surface area contributed by atoms with Gasteiger partial charge in [-0.2, -0.15) is 10.4 Å². The van der Waals surface area contributed by atoms with Crippen LogP contribution in [0.15, 0.2) is 90.2 Å². The minimum absolute atomic E-state index is 0.596. The van der Waals surface area contributed by atoms with Gasteiger partial charge in [-0.25, -0.2) is 9.67 Å². The molecule has 0 aliphatic rings. The topological polar surface area (TPSA) is 54.5 Å². The number of nitrogens with zero attached hydrogens (tertiary/aromatic N) is 4. The van der Waals surface area contributed by atoms with Crippen LogP contribution in [0.5, 0.6) is 0 Å². The summed E-state index contributed by atoms with van der Waals surface area (Å²) < 4.78 is 1.90. The molecule has 0 saturated carbocycles. The van der Waals surface area contributed by atoms with Gasteiger partial charge in [-0.05, 0) is 24.3 Å². The van der Waals surface area contributed by atoms with Crippen molar-refractivity contribution < 1.29 is 0 Å². The van der Waals surface area contributed by atoms with Crippen molar-refractivity contribution in [2.24, 2.45) is 0 Å². The molecule has 130 valence electrons. The zero-order valence-electron chi connectivity index (χ0n) is 14.5. The second-order valence-electron chi connectivity index (χ2n) is 5.91. The van der Waals surface area contributed by atoms with Crippen LogP contribution in [0.4, 0.5) is 0 Å². The maximum Gasteiger partial charge on any atom is 0.114 e. The van der Waals surface area contributed by atoms with E-state index in [9.17, 15) is 5.26 Å². The van der Waals surface area contributed by atoms with E-state index in [4.69, 9.17) is 5.10 Å². The molecule has 0 aliphatic carbocycles. The smallest absolute Gasteiger partial charge is 0.114 e. The van der Waals surface area contributed by atoms with Crippen molar-refractivity contribution in [1.82, 2.24) is 14.8 Å². The Labute approximate surface area is 162 Å². The molecule has 0 unspecified atom stereocenters. The molecule has 2 aromatic heterocycles. The molecule has 0 spiro atoms. The van der Waals surface area contributed by atoms with Crippen LogP contribution >= 0.6 is 11.8 Å². The highest BCUT2D eigenvalue weighted by Gasteiger charge is 2.14. The highest BCUT2D eigenvalue weighted by Crippen LogP contribution is 2.30. The average Bonchev–Trinajstić information content (AvgIpc) is 3.18. The number of para-hydroxylation sites is 1. The number of benzene rings is 2. The first-order chi connectivity index (χ1) is 13.3. The summed E-state index contributed by atoms with van der Waals surface area (Å²) in [5, 5.41) is 14.8. The Morgan fingerprint density at radius 3 is 2.41 bits per heavy atom. The second kappa shape index (κ2) is 7.90. The van der Waals surface area contributed by atoms with Gasteiger partial charge in [0.05, 0.1) is 16.9 Å². The van der Waals surface area contributed by atoms with Crippen molar-refractivity contribution in [2.45, 2.75) is 10.8 Å². The van der Waals surface area contributed by atoms with Gasteiger partial charge >= 0.3 is 0 Å². The fourth-order valence-electron chi connectivity index (χ4n) is 2.80. The van der Waals surface area contributed by atoms with Crippen LogP contribution in [0.1, 0.15) is 11.1 Å². The molecule has 0 N–H and O–H groups in total. The first-order valence-electron chi connectivity index (χ1n) is 8.52. The molecule has 0 atom stereocenters. The minimum Gasteiger partial charge on any atom is -0.249 e. The average molecular weight is 368 g/mol. The Morgan fingerprint density at radius 1 is 0.926 bits per heavy atom. The molecule has 2 heterocycles. The lowest BCUT2D eigenvalue weighted by molar-refractivity contribution is 0.884. The van der Waals surface area contributed by atoms with Crippen molar-refractivity contribution in [3.05, 3.63) is 96.3 Å². The van der Waals surface area contributed by atoms with Crippen LogP contribution in [0, 0.1) is 11.3 Å². The van der Waals surface area contributed by atoms with E-state index < -0.39 is 0 Å². The van der Waals surface area contributed by atoms with E-state index in [1.165, 1.54) is 0 Å². The summed E-state index contributed by atoms with van der Waals surface area (Å²) in [5.74, 6) is 0.683. The molecule has 0 bridgehead atoms. The van der Waals surface area contributed by atoms with Gasteiger partial charge in [0.1, 0.15) is 11.1 Å². The Balaban J connectivity index is 1.70. The monoisotopic (exact) mass is 368 g/mol. The zero-order chi connectivity index (χ0) is 18.5.